The molecule has 0 aromatic heterocycles. The lowest BCUT2D eigenvalue weighted by Crippen LogP contribution is -2.14. The fraction of sp³-hybridized carbons (Fsp3) is 1.00. The van der Waals surface area contributed by atoms with Gasteiger partial charge >= 0.3 is 0 Å². The zero-order valence-corrected chi connectivity index (χ0v) is 10.6. The average molecular weight is 269 g/mol. The van der Waals surface area contributed by atoms with Crippen LogP contribution < -0.4 is 0 Å². The molecule has 3 unspecified atom stereocenters. The Bertz CT molecular complexity index is 261. The molecule has 1 rings (SSSR count). The molecule has 0 radical (unpaired) electrons. The molecule has 0 bridgehead atoms. The first kappa shape index (κ1) is 11.5. The van der Waals surface area contributed by atoms with E-state index in [-0.39, 0.29) is 0 Å². The van der Waals surface area contributed by atoms with Gasteiger partial charge in [0.25, 0.3) is 0 Å². The zero-order chi connectivity index (χ0) is 10.1. The molecule has 1 fully saturated rings. The van der Waals surface area contributed by atoms with Crippen molar-refractivity contribution in [3.8, 4) is 0 Å². The van der Waals surface area contributed by atoms with Crippen LogP contribution in [0.2, 0.25) is 0 Å². The zero-order valence-electron chi connectivity index (χ0n) is 8.16. The lowest BCUT2D eigenvalue weighted by atomic mass is 9.96. The second kappa shape index (κ2) is 4.30. The number of halogens is 1. The highest BCUT2D eigenvalue weighted by Crippen LogP contribution is 2.38. The quantitative estimate of drug-likeness (QED) is 0.736. The maximum atomic E-state index is 11.0. The highest BCUT2D eigenvalue weighted by molar-refractivity contribution is 9.09. The molecule has 0 aromatic carbocycles. The molecule has 3 atom stereocenters. The second-order valence-electron chi connectivity index (χ2n) is 4.13. The lowest BCUT2D eigenvalue weighted by molar-refractivity contribution is 0.413. The molecule has 13 heavy (non-hydrogen) atoms. The summed E-state index contributed by atoms with van der Waals surface area (Å²) in [5, 5.41) is 0. The van der Waals surface area contributed by atoms with Crippen LogP contribution >= 0.6 is 15.9 Å². The van der Waals surface area contributed by atoms with Crippen LogP contribution in [0.5, 0.6) is 0 Å². The van der Waals surface area contributed by atoms with E-state index in [1.807, 2.05) is 0 Å². The third-order valence-corrected chi connectivity index (χ3v) is 5.26. The van der Waals surface area contributed by atoms with Gasteiger partial charge in [-0.25, -0.2) is 8.42 Å². The van der Waals surface area contributed by atoms with Gasteiger partial charge in [0, 0.05) is 11.1 Å². The van der Waals surface area contributed by atoms with Crippen molar-refractivity contribution in [2.75, 3.05) is 12.0 Å². The molecule has 0 aliphatic heterocycles. The molecule has 1 saturated carbocycles. The average Bonchev–Trinajstić information content (AvgIpc) is 2.29. The highest BCUT2D eigenvalue weighted by Gasteiger charge is 2.30. The molecule has 0 N–H and O–H groups in total. The first-order valence-electron chi connectivity index (χ1n) is 4.72. The molecular formula is C9H17BrO2S. The highest BCUT2D eigenvalue weighted by atomic mass is 79.9. The van der Waals surface area contributed by atoms with Gasteiger partial charge in [-0.15, -0.1) is 0 Å². The van der Waals surface area contributed by atoms with Gasteiger partial charge in [0.15, 0.2) is 0 Å². The second-order valence-corrected chi connectivity index (χ2v) is 7.57. The maximum absolute atomic E-state index is 11.0. The van der Waals surface area contributed by atoms with Crippen molar-refractivity contribution >= 4 is 25.8 Å². The SMILES string of the molecule is CC1C(Br)CCC1CCS(C)(=O)=O. The van der Waals surface area contributed by atoms with Crippen LogP contribution in [0.3, 0.4) is 0 Å². The summed E-state index contributed by atoms with van der Waals surface area (Å²) in [5.74, 6) is 1.57. The van der Waals surface area contributed by atoms with E-state index >= 15 is 0 Å². The van der Waals surface area contributed by atoms with Crippen LogP contribution in [0.1, 0.15) is 26.2 Å². The van der Waals surface area contributed by atoms with Gasteiger partial charge < -0.3 is 0 Å². The summed E-state index contributed by atoms with van der Waals surface area (Å²) in [6.07, 6.45) is 4.52. The Morgan fingerprint density at radius 3 is 2.38 bits per heavy atom. The van der Waals surface area contributed by atoms with Gasteiger partial charge in [0.1, 0.15) is 9.84 Å². The van der Waals surface area contributed by atoms with Gasteiger partial charge in [0.2, 0.25) is 0 Å². The normalized spacial score (nSPS) is 35.2. The van der Waals surface area contributed by atoms with Crippen LogP contribution in [0, 0.1) is 11.8 Å². The fourth-order valence-corrected chi connectivity index (χ4v) is 3.39. The first-order chi connectivity index (χ1) is 5.90. The van der Waals surface area contributed by atoms with Crippen molar-refractivity contribution in [3.63, 3.8) is 0 Å². The first-order valence-corrected chi connectivity index (χ1v) is 7.69. The van der Waals surface area contributed by atoms with Crippen molar-refractivity contribution in [2.24, 2.45) is 11.8 Å². The summed E-state index contributed by atoms with van der Waals surface area (Å²) >= 11 is 3.62. The number of rotatable bonds is 3. The molecule has 0 heterocycles. The van der Waals surface area contributed by atoms with E-state index in [0.29, 0.717) is 22.4 Å². The molecule has 0 amide bonds. The molecule has 2 nitrogen and oxygen atoms in total. The van der Waals surface area contributed by atoms with E-state index in [9.17, 15) is 8.42 Å². The van der Waals surface area contributed by atoms with Crippen LogP contribution in [0.15, 0.2) is 0 Å². The van der Waals surface area contributed by atoms with E-state index < -0.39 is 9.84 Å². The van der Waals surface area contributed by atoms with Crippen molar-refractivity contribution < 1.29 is 8.42 Å². The number of hydrogen-bond acceptors (Lipinski definition) is 2. The summed E-state index contributed by atoms with van der Waals surface area (Å²) in [6, 6.07) is 0. The van der Waals surface area contributed by atoms with Gasteiger partial charge in [-0.2, -0.15) is 0 Å². The van der Waals surface area contributed by atoms with Crippen LogP contribution in [-0.4, -0.2) is 25.3 Å². The third-order valence-electron chi connectivity index (χ3n) is 2.99. The smallest absolute Gasteiger partial charge is 0.147 e. The van der Waals surface area contributed by atoms with E-state index in [4.69, 9.17) is 0 Å². The molecule has 1 aliphatic carbocycles. The molecular weight excluding hydrogens is 252 g/mol. The van der Waals surface area contributed by atoms with Crippen LogP contribution in [0.4, 0.5) is 0 Å². The Hall–Kier alpha value is 0.430. The summed E-state index contributed by atoms with van der Waals surface area (Å²) < 4.78 is 21.9. The molecule has 1 aliphatic rings. The van der Waals surface area contributed by atoms with Crippen molar-refractivity contribution in [1.82, 2.24) is 0 Å². The number of sulfone groups is 1. The summed E-state index contributed by atoms with van der Waals surface area (Å²) in [5.41, 5.74) is 0. The molecule has 4 heteroatoms. The third kappa shape index (κ3) is 3.58. The van der Waals surface area contributed by atoms with Gasteiger partial charge in [0.05, 0.1) is 5.75 Å². The van der Waals surface area contributed by atoms with E-state index in [2.05, 4.69) is 22.9 Å². The Kier molecular flexibility index (Phi) is 3.81. The summed E-state index contributed by atoms with van der Waals surface area (Å²) in [7, 11) is -2.77. The number of hydrogen-bond donors (Lipinski definition) is 0. The topological polar surface area (TPSA) is 34.1 Å². The predicted octanol–water partition coefficient (Wildman–Crippen LogP) is 2.23. The van der Waals surface area contributed by atoms with E-state index in [1.165, 1.54) is 19.1 Å². The van der Waals surface area contributed by atoms with Crippen molar-refractivity contribution in [3.05, 3.63) is 0 Å². The Balaban J connectivity index is 2.39. The fourth-order valence-electron chi connectivity index (χ4n) is 1.97. The van der Waals surface area contributed by atoms with Crippen molar-refractivity contribution in [1.29, 1.82) is 0 Å². The van der Waals surface area contributed by atoms with Crippen LogP contribution in [0.25, 0.3) is 0 Å². The lowest BCUT2D eigenvalue weighted by Gasteiger charge is -2.16. The minimum Gasteiger partial charge on any atom is -0.229 e. The maximum Gasteiger partial charge on any atom is 0.147 e. The predicted molar refractivity (Wildman–Crippen MR) is 58.9 cm³/mol. The number of alkyl halides is 1. The van der Waals surface area contributed by atoms with E-state index in [1.54, 1.807) is 0 Å². The molecule has 78 valence electrons. The van der Waals surface area contributed by atoms with Gasteiger partial charge in [-0.05, 0) is 31.1 Å². The minimum absolute atomic E-state index is 0.349. The van der Waals surface area contributed by atoms with Gasteiger partial charge in [-0.1, -0.05) is 22.9 Å². The summed E-state index contributed by atoms with van der Waals surface area (Å²) in [4.78, 5) is 0.595. The molecule has 0 spiro atoms. The Labute approximate surface area is 89.1 Å². The Morgan fingerprint density at radius 1 is 1.38 bits per heavy atom. The Morgan fingerprint density at radius 2 is 2.00 bits per heavy atom. The monoisotopic (exact) mass is 268 g/mol. The summed E-state index contributed by atoms with van der Waals surface area (Å²) in [6.45, 7) is 2.21. The molecule has 0 aromatic rings. The van der Waals surface area contributed by atoms with Gasteiger partial charge in [-0.3, -0.25) is 0 Å². The van der Waals surface area contributed by atoms with E-state index in [0.717, 1.165) is 6.42 Å². The minimum atomic E-state index is -2.77. The standard InChI is InChI=1S/C9H17BrO2S/c1-7-8(3-4-9(7)10)5-6-13(2,11)12/h7-9H,3-6H2,1-2H3. The largest absolute Gasteiger partial charge is 0.229 e. The molecule has 0 saturated heterocycles. The van der Waals surface area contributed by atoms with Crippen molar-refractivity contribution in [2.45, 2.75) is 31.0 Å². The van der Waals surface area contributed by atoms with Crippen LogP contribution in [-0.2, 0) is 9.84 Å².